The number of hydrogen-bond donors (Lipinski definition) is 0. The lowest BCUT2D eigenvalue weighted by Crippen LogP contribution is -2.30. The highest BCUT2D eigenvalue weighted by Crippen LogP contribution is 2.26. The number of para-hydroxylation sites is 1. The molecule has 37 heavy (non-hydrogen) atoms. The van der Waals surface area contributed by atoms with E-state index in [4.69, 9.17) is 9.59 Å². The molecule has 0 radical (unpaired) electrons. The number of aromatic nitrogens is 4. The van der Waals surface area contributed by atoms with Crippen LogP contribution >= 0.6 is 0 Å². The van der Waals surface area contributed by atoms with Crippen LogP contribution in [0.3, 0.4) is 0 Å². The van der Waals surface area contributed by atoms with E-state index in [1.54, 1.807) is 48.4 Å². The summed E-state index contributed by atoms with van der Waals surface area (Å²) < 4.78 is 33.7. The molecule has 1 saturated heterocycles. The zero-order chi connectivity index (χ0) is 26.4. The molecule has 1 fully saturated rings. The van der Waals surface area contributed by atoms with Crippen molar-refractivity contribution >= 4 is 23.0 Å². The number of alkyl halides is 2. The molecule has 0 N–H and O–H groups in total. The second-order valence-corrected chi connectivity index (χ2v) is 8.51. The summed E-state index contributed by atoms with van der Waals surface area (Å²) in [6.07, 6.45) is 7.40. The smallest absolute Gasteiger partial charge is 0.387 e. The Hall–Kier alpha value is -4.37. The van der Waals surface area contributed by atoms with Gasteiger partial charge in [0.2, 0.25) is 5.95 Å². The summed E-state index contributed by atoms with van der Waals surface area (Å²) in [7, 11) is 1.66. The van der Waals surface area contributed by atoms with Crippen LogP contribution in [0.2, 0.25) is 0 Å². The Morgan fingerprint density at radius 2 is 1.68 bits per heavy atom. The van der Waals surface area contributed by atoms with E-state index in [1.807, 2.05) is 12.1 Å². The van der Waals surface area contributed by atoms with Crippen molar-refractivity contribution in [1.82, 2.24) is 19.3 Å². The lowest BCUT2D eigenvalue weighted by molar-refractivity contribution is -0.191. The highest BCUT2D eigenvalue weighted by molar-refractivity contribution is 5.84. The van der Waals surface area contributed by atoms with Gasteiger partial charge < -0.3 is 9.64 Å². The van der Waals surface area contributed by atoms with E-state index >= 15 is 0 Å². The Kier molecular flexibility index (Phi) is 8.05. The van der Waals surface area contributed by atoms with Crippen LogP contribution < -0.4 is 15.2 Å². The van der Waals surface area contributed by atoms with Crippen molar-refractivity contribution in [3.8, 4) is 16.9 Å². The molecule has 0 atom stereocenters. The minimum Gasteiger partial charge on any atom is -0.434 e. The van der Waals surface area contributed by atoms with E-state index in [0.717, 1.165) is 43.0 Å². The van der Waals surface area contributed by atoms with Gasteiger partial charge in [0.1, 0.15) is 5.75 Å². The van der Waals surface area contributed by atoms with E-state index in [1.165, 1.54) is 17.2 Å². The standard InChI is InChI=1S/C25H25F2N5O2.CO2/c1-30-23(33)20-10-9-17(19-14-28-25(29-15-19)31-11-5-2-6-12-31)13-21(20)32(30)16-18-7-3-4-8-22(18)34-24(26)27;2-1-3/h3-4,7-10,13-15,24H,2,5-6,11-12,16H2,1H3;. The van der Waals surface area contributed by atoms with E-state index in [-0.39, 0.29) is 24.0 Å². The third kappa shape index (κ3) is 5.73. The van der Waals surface area contributed by atoms with Crippen molar-refractivity contribution in [3.05, 3.63) is 70.8 Å². The zero-order valence-corrected chi connectivity index (χ0v) is 20.1. The lowest BCUT2D eigenvalue weighted by atomic mass is 10.1. The van der Waals surface area contributed by atoms with E-state index in [0.29, 0.717) is 16.5 Å². The van der Waals surface area contributed by atoms with Gasteiger partial charge >= 0.3 is 12.8 Å². The van der Waals surface area contributed by atoms with Gasteiger partial charge in [-0.2, -0.15) is 18.4 Å². The molecule has 0 bridgehead atoms. The van der Waals surface area contributed by atoms with Crippen molar-refractivity contribution < 1.29 is 23.1 Å². The largest absolute Gasteiger partial charge is 0.434 e. The van der Waals surface area contributed by atoms with Gasteiger partial charge in [-0.05, 0) is 43.0 Å². The predicted molar refractivity (Wildman–Crippen MR) is 131 cm³/mol. The Labute approximate surface area is 210 Å². The van der Waals surface area contributed by atoms with Crippen LogP contribution in [-0.4, -0.2) is 45.2 Å². The maximum absolute atomic E-state index is 12.9. The molecule has 192 valence electrons. The minimum absolute atomic E-state index is 0.0876. The highest BCUT2D eigenvalue weighted by Gasteiger charge is 2.17. The second-order valence-electron chi connectivity index (χ2n) is 8.51. The molecule has 4 aromatic rings. The topological polar surface area (TPSA) is 99.3 Å². The van der Waals surface area contributed by atoms with Gasteiger partial charge in [0.05, 0.1) is 17.4 Å². The minimum atomic E-state index is -2.93. The fourth-order valence-electron chi connectivity index (χ4n) is 4.48. The highest BCUT2D eigenvalue weighted by atomic mass is 19.3. The van der Waals surface area contributed by atoms with Crippen molar-refractivity contribution in [2.45, 2.75) is 32.4 Å². The number of hydrogen-bond acceptors (Lipinski definition) is 7. The monoisotopic (exact) mass is 509 g/mol. The van der Waals surface area contributed by atoms with Crippen LogP contribution in [0.25, 0.3) is 22.0 Å². The molecule has 0 saturated carbocycles. The average Bonchev–Trinajstić information content (AvgIpc) is 3.15. The third-order valence-electron chi connectivity index (χ3n) is 6.28. The molecule has 0 aliphatic carbocycles. The van der Waals surface area contributed by atoms with E-state index in [2.05, 4.69) is 19.6 Å². The number of fused-ring (bicyclic) bond motifs is 1. The molecule has 0 spiro atoms. The summed E-state index contributed by atoms with van der Waals surface area (Å²) in [6.45, 7) is -0.784. The number of piperidine rings is 1. The van der Waals surface area contributed by atoms with Crippen molar-refractivity contribution in [1.29, 1.82) is 0 Å². The lowest BCUT2D eigenvalue weighted by Gasteiger charge is -2.26. The summed E-state index contributed by atoms with van der Waals surface area (Å²) in [5, 5.41) is 0.546. The van der Waals surface area contributed by atoms with Crippen molar-refractivity contribution in [3.63, 3.8) is 0 Å². The molecule has 2 aromatic carbocycles. The van der Waals surface area contributed by atoms with Crippen LogP contribution in [0.1, 0.15) is 24.8 Å². The number of carbonyl (C=O) groups excluding carboxylic acids is 2. The number of anilines is 1. The van der Waals surface area contributed by atoms with Crippen molar-refractivity contribution in [2.24, 2.45) is 7.05 Å². The average molecular weight is 510 g/mol. The van der Waals surface area contributed by atoms with Crippen LogP contribution in [0.5, 0.6) is 5.75 Å². The predicted octanol–water partition coefficient (Wildman–Crippen LogP) is 3.85. The Bertz CT molecular complexity index is 1450. The van der Waals surface area contributed by atoms with Gasteiger partial charge in [0.15, 0.2) is 0 Å². The Morgan fingerprint density at radius 3 is 2.35 bits per heavy atom. The summed E-state index contributed by atoms with van der Waals surface area (Å²) in [5.74, 6) is 0.821. The summed E-state index contributed by atoms with van der Waals surface area (Å²) >= 11 is 0. The number of halogens is 2. The third-order valence-corrected chi connectivity index (χ3v) is 6.28. The van der Waals surface area contributed by atoms with Crippen LogP contribution in [0, 0.1) is 0 Å². The molecule has 3 heterocycles. The number of rotatable bonds is 6. The van der Waals surface area contributed by atoms with E-state index < -0.39 is 6.61 Å². The first-order valence-electron chi connectivity index (χ1n) is 11.7. The maximum atomic E-state index is 12.9. The molecule has 11 heteroatoms. The van der Waals surface area contributed by atoms with Gasteiger partial charge in [-0.15, -0.1) is 0 Å². The Morgan fingerprint density at radius 1 is 1.00 bits per heavy atom. The molecule has 1 aliphatic heterocycles. The SMILES string of the molecule is Cn1c(=O)c2ccc(-c3cnc(N4CCCCC4)nc3)cc2n1Cc1ccccc1OC(F)F.O=C=O. The number of nitrogens with zero attached hydrogens (tertiary/aromatic N) is 5. The molecule has 9 nitrogen and oxygen atoms in total. The first kappa shape index (κ1) is 25.7. The molecule has 2 aromatic heterocycles. The molecule has 0 amide bonds. The van der Waals surface area contributed by atoms with Crippen LogP contribution in [0.4, 0.5) is 14.7 Å². The van der Waals surface area contributed by atoms with Gasteiger partial charge in [0, 0.05) is 43.7 Å². The molecule has 1 aliphatic rings. The van der Waals surface area contributed by atoms with Gasteiger partial charge in [-0.25, -0.2) is 9.97 Å². The van der Waals surface area contributed by atoms with Crippen molar-refractivity contribution in [2.75, 3.05) is 18.0 Å². The first-order chi connectivity index (χ1) is 17.9. The molecule has 5 rings (SSSR count). The van der Waals surface area contributed by atoms with Crippen LogP contribution in [-0.2, 0) is 23.2 Å². The fraction of sp³-hybridized carbons (Fsp3) is 0.308. The molecular weight excluding hydrogens is 484 g/mol. The summed E-state index contributed by atoms with van der Waals surface area (Å²) in [4.78, 5) is 40.4. The fourth-order valence-corrected chi connectivity index (χ4v) is 4.48. The molecular formula is C26H25F2N5O4. The normalized spacial score (nSPS) is 13.2. The van der Waals surface area contributed by atoms with Gasteiger partial charge in [-0.1, -0.05) is 24.3 Å². The molecule has 0 unspecified atom stereocenters. The summed E-state index contributed by atoms with van der Waals surface area (Å²) in [6, 6.07) is 12.2. The quantitative estimate of drug-likeness (QED) is 0.389. The van der Waals surface area contributed by atoms with Crippen LogP contribution in [0.15, 0.2) is 59.7 Å². The zero-order valence-electron chi connectivity index (χ0n) is 20.1. The first-order valence-corrected chi connectivity index (χ1v) is 11.7. The van der Waals surface area contributed by atoms with Gasteiger partial charge in [0.25, 0.3) is 5.56 Å². The van der Waals surface area contributed by atoms with E-state index in [9.17, 15) is 13.6 Å². The summed E-state index contributed by atoms with van der Waals surface area (Å²) in [5.41, 5.74) is 2.79. The number of benzene rings is 2. The number of ether oxygens (including phenoxy) is 1. The van der Waals surface area contributed by atoms with Gasteiger partial charge in [-0.3, -0.25) is 14.2 Å². The Balaban J connectivity index is 0.00000102. The maximum Gasteiger partial charge on any atom is 0.387 e. The second kappa shape index (κ2) is 11.6.